The monoisotopic (exact) mass is 415 g/mol. The topological polar surface area (TPSA) is 78.5 Å². The molecule has 2 atom stereocenters. The van der Waals surface area contributed by atoms with Crippen molar-refractivity contribution < 1.29 is 13.2 Å². The number of rotatable bonds is 4. The fraction of sp³-hybridized carbons (Fsp3) is 0.632. The van der Waals surface area contributed by atoms with Gasteiger partial charge >= 0.3 is 0 Å². The first-order chi connectivity index (χ1) is 12.4. The predicted octanol–water partition coefficient (Wildman–Crippen LogP) is 2.32. The number of hydrogen-bond donors (Lipinski definition) is 2. The van der Waals surface area contributed by atoms with Crippen LogP contribution in [0.4, 0.5) is 0 Å². The zero-order chi connectivity index (χ0) is 18.7. The number of carbonyl (C=O) groups excluding carboxylic acids is 1. The van der Waals surface area contributed by atoms with Crippen molar-refractivity contribution >= 4 is 28.3 Å². The maximum Gasteiger partial charge on any atom is 0.251 e. The van der Waals surface area contributed by atoms with Gasteiger partial charge < -0.3 is 10.6 Å². The molecule has 2 N–H and O–H groups in total. The molecule has 8 heteroatoms. The fourth-order valence-electron chi connectivity index (χ4n) is 3.74. The van der Waals surface area contributed by atoms with Crippen LogP contribution in [0.2, 0.25) is 0 Å². The average molecular weight is 416 g/mol. The van der Waals surface area contributed by atoms with E-state index in [9.17, 15) is 13.2 Å². The van der Waals surface area contributed by atoms with Crippen molar-refractivity contribution in [3.63, 3.8) is 0 Å². The SMILES string of the molecule is Cc1ccc(S(=O)(=O)N2CCCCC2)cc1C(=O)NC1CCNCC1C.Cl. The molecule has 1 aromatic rings. The first-order valence-corrected chi connectivity index (χ1v) is 11.0. The number of benzene rings is 1. The Kier molecular flexibility index (Phi) is 7.68. The molecule has 1 aromatic carbocycles. The maximum absolute atomic E-state index is 12.9. The highest BCUT2D eigenvalue weighted by Crippen LogP contribution is 2.23. The van der Waals surface area contributed by atoms with Gasteiger partial charge in [-0.3, -0.25) is 4.79 Å². The van der Waals surface area contributed by atoms with Gasteiger partial charge in [-0.15, -0.1) is 12.4 Å². The van der Waals surface area contributed by atoms with Crippen molar-refractivity contribution in [2.75, 3.05) is 26.2 Å². The van der Waals surface area contributed by atoms with Gasteiger partial charge in [0, 0.05) is 24.7 Å². The summed E-state index contributed by atoms with van der Waals surface area (Å²) < 4.78 is 27.3. The van der Waals surface area contributed by atoms with E-state index < -0.39 is 10.0 Å². The van der Waals surface area contributed by atoms with Crippen molar-refractivity contribution in [1.82, 2.24) is 14.9 Å². The van der Waals surface area contributed by atoms with Gasteiger partial charge in [-0.25, -0.2) is 8.42 Å². The summed E-state index contributed by atoms with van der Waals surface area (Å²) in [5, 5.41) is 6.41. The van der Waals surface area contributed by atoms with Crippen molar-refractivity contribution in [2.45, 2.75) is 50.5 Å². The molecule has 2 aliphatic rings. The Balaban J connectivity index is 0.00000261. The van der Waals surface area contributed by atoms with Crippen LogP contribution in [0.25, 0.3) is 0 Å². The molecule has 2 heterocycles. The molecule has 0 aliphatic carbocycles. The maximum atomic E-state index is 12.9. The van der Waals surface area contributed by atoms with E-state index in [0.29, 0.717) is 24.6 Å². The van der Waals surface area contributed by atoms with Gasteiger partial charge in [0.15, 0.2) is 0 Å². The number of nitrogens with one attached hydrogen (secondary N) is 2. The first-order valence-electron chi connectivity index (χ1n) is 9.52. The van der Waals surface area contributed by atoms with Crippen LogP contribution in [0.15, 0.2) is 23.1 Å². The molecule has 2 saturated heterocycles. The second-order valence-electron chi connectivity index (χ2n) is 7.49. The number of nitrogens with zero attached hydrogens (tertiary/aromatic N) is 1. The summed E-state index contributed by atoms with van der Waals surface area (Å²) >= 11 is 0. The third kappa shape index (κ3) is 5.02. The molecule has 152 valence electrons. The molecular formula is C19H30ClN3O3S. The van der Waals surface area contributed by atoms with Gasteiger partial charge in [0.2, 0.25) is 10.0 Å². The Morgan fingerprint density at radius 3 is 2.59 bits per heavy atom. The smallest absolute Gasteiger partial charge is 0.251 e. The number of hydrogen-bond acceptors (Lipinski definition) is 4. The minimum atomic E-state index is -3.54. The van der Waals surface area contributed by atoms with Crippen molar-refractivity contribution in [3.8, 4) is 0 Å². The number of amides is 1. The Morgan fingerprint density at radius 2 is 1.93 bits per heavy atom. The van der Waals surface area contributed by atoms with Gasteiger partial charge in [0.25, 0.3) is 5.91 Å². The number of piperidine rings is 2. The summed E-state index contributed by atoms with van der Waals surface area (Å²) in [5.74, 6) is 0.171. The minimum Gasteiger partial charge on any atom is -0.349 e. The summed E-state index contributed by atoms with van der Waals surface area (Å²) in [6, 6.07) is 5.01. The van der Waals surface area contributed by atoms with Crippen LogP contribution in [-0.2, 0) is 10.0 Å². The molecule has 2 fully saturated rings. The summed E-state index contributed by atoms with van der Waals surface area (Å²) in [6.07, 6.45) is 3.75. The minimum absolute atomic E-state index is 0. The number of sulfonamides is 1. The van der Waals surface area contributed by atoms with Crippen LogP contribution >= 0.6 is 12.4 Å². The molecule has 1 amide bonds. The fourth-order valence-corrected chi connectivity index (χ4v) is 5.28. The standard InChI is InChI=1S/C19H29N3O3S.ClH/c1-14-6-7-16(26(24,25)22-10-4-3-5-11-22)12-17(14)19(23)21-18-8-9-20-13-15(18)2;/h6-7,12,15,18,20H,3-5,8-11,13H2,1-2H3,(H,21,23);1H. The highest BCUT2D eigenvalue weighted by atomic mass is 35.5. The van der Waals surface area contributed by atoms with Crippen LogP contribution in [-0.4, -0.2) is 50.9 Å². The molecule has 3 rings (SSSR count). The van der Waals surface area contributed by atoms with E-state index in [0.717, 1.165) is 44.3 Å². The van der Waals surface area contributed by atoms with Crippen molar-refractivity contribution in [3.05, 3.63) is 29.3 Å². The van der Waals surface area contributed by atoms with Crippen LogP contribution in [0.5, 0.6) is 0 Å². The molecule has 0 aromatic heterocycles. The van der Waals surface area contributed by atoms with Gasteiger partial charge in [-0.2, -0.15) is 4.31 Å². The van der Waals surface area contributed by atoms with Crippen molar-refractivity contribution in [2.24, 2.45) is 5.92 Å². The van der Waals surface area contributed by atoms with Crippen LogP contribution < -0.4 is 10.6 Å². The molecule has 0 bridgehead atoms. The van der Waals surface area contributed by atoms with E-state index in [1.54, 1.807) is 18.2 Å². The highest BCUT2D eigenvalue weighted by molar-refractivity contribution is 7.89. The number of carbonyl (C=O) groups is 1. The number of aryl methyl sites for hydroxylation is 1. The van der Waals surface area contributed by atoms with Gasteiger partial charge in [-0.05, 0) is 62.9 Å². The Morgan fingerprint density at radius 1 is 1.22 bits per heavy atom. The zero-order valence-corrected chi connectivity index (χ0v) is 17.7. The summed E-state index contributed by atoms with van der Waals surface area (Å²) in [4.78, 5) is 13.0. The van der Waals surface area contributed by atoms with E-state index in [1.165, 1.54) is 4.31 Å². The molecule has 0 saturated carbocycles. The molecule has 6 nitrogen and oxygen atoms in total. The molecule has 0 spiro atoms. The largest absolute Gasteiger partial charge is 0.349 e. The summed E-state index contributed by atoms with van der Waals surface area (Å²) in [5.41, 5.74) is 1.25. The Labute approximate surface area is 168 Å². The van der Waals surface area contributed by atoms with Crippen LogP contribution in [0.1, 0.15) is 48.5 Å². The lowest BCUT2D eigenvalue weighted by Gasteiger charge is -2.30. The van der Waals surface area contributed by atoms with E-state index in [2.05, 4.69) is 17.6 Å². The molecule has 2 unspecified atom stereocenters. The Hall–Kier alpha value is -1.15. The lowest BCUT2D eigenvalue weighted by molar-refractivity contribution is 0.0913. The quantitative estimate of drug-likeness (QED) is 0.791. The van der Waals surface area contributed by atoms with Gasteiger partial charge in [0.05, 0.1) is 4.90 Å². The van der Waals surface area contributed by atoms with E-state index in [-0.39, 0.29) is 29.3 Å². The van der Waals surface area contributed by atoms with Crippen LogP contribution in [0, 0.1) is 12.8 Å². The molecule has 0 radical (unpaired) electrons. The number of halogens is 1. The highest BCUT2D eigenvalue weighted by Gasteiger charge is 2.28. The predicted molar refractivity (Wildman–Crippen MR) is 109 cm³/mol. The first kappa shape index (κ1) is 22.1. The molecule has 27 heavy (non-hydrogen) atoms. The second-order valence-corrected chi connectivity index (χ2v) is 9.43. The third-order valence-corrected chi connectivity index (χ3v) is 7.40. The normalized spacial score (nSPS) is 24.1. The lowest BCUT2D eigenvalue weighted by atomic mass is 9.95. The average Bonchev–Trinajstić information content (AvgIpc) is 2.64. The van der Waals surface area contributed by atoms with E-state index >= 15 is 0 Å². The molecule has 2 aliphatic heterocycles. The van der Waals surface area contributed by atoms with E-state index in [4.69, 9.17) is 0 Å². The summed E-state index contributed by atoms with van der Waals surface area (Å²) in [7, 11) is -3.54. The Bertz CT molecular complexity index is 763. The lowest BCUT2D eigenvalue weighted by Crippen LogP contribution is -2.48. The van der Waals surface area contributed by atoms with Gasteiger partial charge in [0.1, 0.15) is 0 Å². The molecular weight excluding hydrogens is 386 g/mol. The van der Waals surface area contributed by atoms with Crippen LogP contribution in [0.3, 0.4) is 0 Å². The second kappa shape index (κ2) is 9.37. The van der Waals surface area contributed by atoms with E-state index in [1.807, 2.05) is 6.92 Å². The van der Waals surface area contributed by atoms with Crippen molar-refractivity contribution in [1.29, 1.82) is 0 Å². The zero-order valence-electron chi connectivity index (χ0n) is 16.0. The van der Waals surface area contributed by atoms with Gasteiger partial charge in [-0.1, -0.05) is 19.4 Å². The summed E-state index contributed by atoms with van der Waals surface area (Å²) in [6.45, 7) is 6.85. The third-order valence-electron chi connectivity index (χ3n) is 5.51.